The highest BCUT2D eigenvalue weighted by molar-refractivity contribution is 7.99. The fourth-order valence-electron chi connectivity index (χ4n) is 11.7. The van der Waals surface area contributed by atoms with Gasteiger partial charge in [0, 0.05) is 61.0 Å². The van der Waals surface area contributed by atoms with Crippen LogP contribution in [0.15, 0.2) is 72.3 Å². The molecule has 2 N–H and O–H groups in total. The van der Waals surface area contributed by atoms with E-state index in [0.29, 0.717) is 63.9 Å². The lowest BCUT2D eigenvalue weighted by molar-refractivity contribution is -0.235. The van der Waals surface area contributed by atoms with E-state index in [9.17, 15) is 34.2 Å². The number of carbonyl (C=O) groups excluding carboxylic acids is 7. The van der Waals surface area contributed by atoms with E-state index in [0.717, 1.165) is 22.8 Å². The minimum Gasteiger partial charge on any atom is -0.390 e. The zero-order chi connectivity index (χ0) is 50.1. The molecule has 4 aliphatic carbocycles. The van der Waals surface area contributed by atoms with Gasteiger partial charge in [-0.1, -0.05) is 61.5 Å². The highest BCUT2D eigenvalue weighted by atomic mass is 32.2. The van der Waals surface area contributed by atoms with Crippen LogP contribution in [0.1, 0.15) is 107 Å². The van der Waals surface area contributed by atoms with Crippen LogP contribution < -0.4 is 0 Å². The summed E-state index contributed by atoms with van der Waals surface area (Å²) < 4.78 is 58.0. The van der Waals surface area contributed by atoms with Gasteiger partial charge in [-0.15, -0.1) is 0 Å². The van der Waals surface area contributed by atoms with Crippen LogP contribution in [0.25, 0.3) is 0 Å². The summed E-state index contributed by atoms with van der Waals surface area (Å²) in [6, 6.07) is 15.4. The first-order valence-corrected chi connectivity index (χ1v) is 25.0. The third-order valence-electron chi connectivity index (χ3n) is 15.3. The van der Waals surface area contributed by atoms with Crippen LogP contribution in [0.4, 0.5) is 8.78 Å². The Kier molecular flexibility index (Phi) is 18.2. The Hall–Kier alpha value is -4.38. The van der Waals surface area contributed by atoms with E-state index in [4.69, 9.17) is 28.5 Å². The molecule has 3 saturated carbocycles. The molecule has 374 valence electrons. The number of hydrogen-bond acceptors (Lipinski definition) is 14. The first-order valence-electron chi connectivity index (χ1n) is 23.8. The fraction of sp³-hybridized carbons (Fsp3) is 0.585. The number of benzene rings is 2. The van der Waals surface area contributed by atoms with Gasteiger partial charge in [-0.3, -0.25) is 24.0 Å². The number of ether oxygens (including phenoxy) is 4. The molecule has 0 amide bonds. The molecule has 1 unspecified atom stereocenters. The highest BCUT2D eigenvalue weighted by Crippen LogP contribution is 2.72. The van der Waals surface area contributed by atoms with Gasteiger partial charge in [-0.25, -0.2) is 8.78 Å². The van der Waals surface area contributed by atoms with E-state index in [-0.39, 0.29) is 73.0 Å². The Morgan fingerprint density at radius 2 is 1.58 bits per heavy atom. The number of aliphatic hydroxyl groups is 2. The summed E-state index contributed by atoms with van der Waals surface area (Å²) in [5, 5.41) is 22.1. The van der Waals surface area contributed by atoms with Gasteiger partial charge in [0.1, 0.15) is 30.1 Å². The molecule has 0 spiro atoms. The standard InChI is InChI=1S/C52H64F2O11S.CO2/c1-32(66-4)44(59)12-6-10-37(56)11-7-20-62-22-23-63-21-18-39(58)26-35-9-5-8-34(25-35)24-33-13-15-36(16-14-33)48-64-47-29-40-41-28-43(53)42-27-38(57)17-19-49(42,2)51(41,54)45(60)30-50(40,3)52(47,65-48)46(61)31-55;2-1-3/h5,8-9,13-17,19,25,27,32,40-41,43,45,47-48,55,60H,6-7,10-12,18,20-24,26,28-31H2,1-4H3;/t32?,40-,41-,43-,45-,47+,48+,49-,50-,51-,52+;/m0./s1. The molecule has 7 rings (SSSR count). The number of ketones is 5. The summed E-state index contributed by atoms with van der Waals surface area (Å²) in [4.78, 5) is 79.2. The zero-order valence-corrected chi connectivity index (χ0v) is 40.6. The van der Waals surface area contributed by atoms with Gasteiger partial charge in [0.2, 0.25) is 0 Å². The molecule has 0 radical (unpaired) electrons. The van der Waals surface area contributed by atoms with Crippen molar-refractivity contribution in [3.05, 3.63) is 94.6 Å². The molecular weight excluding hydrogens is 915 g/mol. The molecule has 1 saturated heterocycles. The van der Waals surface area contributed by atoms with Gasteiger partial charge in [-0.2, -0.15) is 21.4 Å². The lowest BCUT2D eigenvalue weighted by Gasteiger charge is -2.63. The van der Waals surface area contributed by atoms with E-state index < -0.39 is 76.8 Å². The molecule has 0 aromatic heterocycles. The second-order valence-corrected chi connectivity index (χ2v) is 20.5. The summed E-state index contributed by atoms with van der Waals surface area (Å²) in [5.74, 6) is -2.36. The van der Waals surface area contributed by atoms with Crippen molar-refractivity contribution in [2.75, 3.05) is 39.3 Å². The molecule has 1 heterocycles. The Morgan fingerprint density at radius 3 is 2.28 bits per heavy atom. The van der Waals surface area contributed by atoms with Crippen LogP contribution in [-0.4, -0.2) is 119 Å². The third-order valence-corrected chi connectivity index (χ3v) is 16.3. The monoisotopic (exact) mass is 978 g/mol. The van der Waals surface area contributed by atoms with Gasteiger partial charge in [0.05, 0.1) is 37.3 Å². The molecule has 0 bridgehead atoms. The second-order valence-electron chi connectivity index (χ2n) is 19.3. The number of allylic oxidation sites excluding steroid dienone is 4. The molecule has 2 aromatic carbocycles. The smallest absolute Gasteiger partial charge is 0.373 e. The van der Waals surface area contributed by atoms with Gasteiger partial charge in [-0.05, 0) is 99.0 Å². The van der Waals surface area contributed by atoms with Crippen LogP contribution in [0.3, 0.4) is 0 Å². The van der Waals surface area contributed by atoms with Crippen molar-refractivity contribution in [1.82, 2.24) is 0 Å². The summed E-state index contributed by atoms with van der Waals surface area (Å²) >= 11 is 1.52. The predicted molar refractivity (Wildman–Crippen MR) is 249 cm³/mol. The first kappa shape index (κ1) is 54.0. The van der Waals surface area contributed by atoms with E-state index in [1.807, 2.05) is 61.7 Å². The quantitative estimate of drug-likeness (QED) is 0.111. The largest absolute Gasteiger partial charge is 0.390 e. The Labute approximate surface area is 406 Å². The number of alkyl halides is 2. The van der Waals surface area contributed by atoms with E-state index >= 15 is 8.78 Å². The maximum absolute atomic E-state index is 17.7. The lowest BCUT2D eigenvalue weighted by Crippen LogP contribution is -2.70. The van der Waals surface area contributed by atoms with Crippen molar-refractivity contribution in [3.63, 3.8) is 0 Å². The Bertz CT molecular complexity index is 2300. The summed E-state index contributed by atoms with van der Waals surface area (Å²) in [7, 11) is 0. The maximum Gasteiger partial charge on any atom is 0.373 e. The van der Waals surface area contributed by atoms with Gasteiger partial charge in [0.25, 0.3) is 0 Å². The number of Topliss-reactive ketones (excluding diaryl/α,β-unsaturated/α-hetero) is 4. The second kappa shape index (κ2) is 23.2. The fourth-order valence-corrected chi connectivity index (χ4v) is 12.1. The number of hydrogen-bond donors (Lipinski definition) is 2. The van der Waals surface area contributed by atoms with Crippen molar-refractivity contribution >= 4 is 46.8 Å². The molecule has 2 aromatic rings. The summed E-state index contributed by atoms with van der Waals surface area (Å²) in [6.45, 7) is 5.76. The molecule has 1 aliphatic heterocycles. The van der Waals surface area contributed by atoms with Crippen molar-refractivity contribution in [2.24, 2.45) is 22.7 Å². The van der Waals surface area contributed by atoms with Crippen molar-refractivity contribution in [3.8, 4) is 0 Å². The Balaban J connectivity index is 0.00000254. The van der Waals surface area contributed by atoms with Crippen LogP contribution in [0.2, 0.25) is 0 Å². The maximum atomic E-state index is 17.7. The normalized spacial score (nSPS) is 31.2. The molecule has 69 heavy (non-hydrogen) atoms. The summed E-state index contributed by atoms with van der Waals surface area (Å²) in [6.07, 6.45) is 4.03. The van der Waals surface area contributed by atoms with Crippen LogP contribution in [0, 0.1) is 22.7 Å². The molecule has 13 nitrogen and oxygen atoms in total. The summed E-state index contributed by atoms with van der Waals surface area (Å²) in [5.41, 5.74) is -3.30. The van der Waals surface area contributed by atoms with Gasteiger partial charge < -0.3 is 29.2 Å². The average Bonchev–Trinajstić information content (AvgIpc) is 3.82. The van der Waals surface area contributed by atoms with E-state index in [2.05, 4.69) is 0 Å². The number of rotatable bonds is 23. The molecule has 5 aliphatic rings. The molecule has 4 fully saturated rings. The van der Waals surface area contributed by atoms with Crippen LogP contribution in [0.5, 0.6) is 0 Å². The van der Waals surface area contributed by atoms with Gasteiger partial charge in [0.15, 0.2) is 29.1 Å². The van der Waals surface area contributed by atoms with Crippen molar-refractivity contribution in [1.29, 1.82) is 0 Å². The molecule has 16 heteroatoms. The minimum absolute atomic E-state index is 0.0187. The lowest BCUT2D eigenvalue weighted by atomic mass is 9.44. The molecule has 11 atom stereocenters. The van der Waals surface area contributed by atoms with Gasteiger partial charge >= 0.3 is 6.15 Å². The number of aliphatic hydroxyl groups excluding tert-OH is 2. The van der Waals surface area contributed by atoms with Crippen LogP contribution >= 0.6 is 11.8 Å². The highest BCUT2D eigenvalue weighted by Gasteiger charge is 2.80. The minimum atomic E-state index is -2.33. The molecular formula is C53H64F2O13S. The van der Waals surface area contributed by atoms with E-state index in [1.54, 1.807) is 6.92 Å². The average molecular weight is 979 g/mol. The van der Waals surface area contributed by atoms with Crippen molar-refractivity contribution < 1.29 is 71.5 Å². The number of carbonyl (C=O) groups is 5. The number of fused-ring (bicyclic) bond motifs is 7. The van der Waals surface area contributed by atoms with Crippen molar-refractivity contribution in [2.45, 2.75) is 133 Å². The zero-order valence-electron chi connectivity index (χ0n) is 39.8. The topological polar surface area (TPSA) is 197 Å². The number of halogens is 2. The third kappa shape index (κ3) is 11.1. The Morgan fingerprint density at radius 1 is 0.899 bits per heavy atom. The van der Waals surface area contributed by atoms with Crippen LogP contribution in [-0.2, 0) is 65.4 Å². The predicted octanol–water partition coefficient (Wildman–Crippen LogP) is 6.71. The first-order chi connectivity index (χ1) is 32.9. The SMILES string of the molecule is CSC(C)C(=O)CCCC(=O)CCCOCCOCCC(=O)Cc1cccc(Cc2ccc([C@@H]3O[C@@H]4C[C@H]5[C@@H]6C[C@H](F)C7=CC(=O)C=C[C@]7(C)[C@@]6(F)[C@@H](O)C[C@]5(C)[C@]4(C(=O)CO)O3)cc2)c1.O=C=O. The van der Waals surface area contributed by atoms with E-state index in [1.165, 1.54) is 30.8 Å². The number of thioether (sulfide) groups is 1.